The molecule has 1 unspecified atom stereocenters. The zero-order valence-corrected chi connectivity index (χ0v) is 14.9. The number of nitrogens with one attached hydrogen (secondary N) is 1. The van der Waals surface area contributed by atoms with Gasteiger partial charge in [-0.25, -0.2) is 9.07 Å². The van der Waals surface area contributed by atoms with Crippen molar-refractivity contribution < 1.29 is 9.18 Å². The molecule has 6 nitrogen and oxygen atoms in total. The van der Waals surface area contributed by atoms with E-state index in [1.54, 1.807) is 25.1 Å². The number of hydrogen-bond donors (Lipinski definition) is 2. The number of anilines is 1. The monoisotopic (exact) mass is 363 g/mol. The minimum absolute atomic E-state index is 0.258. The van der Waals surface area contributed by atoms with E-state index in [9.17, 15) is 9.18 Å². The molecule has 0 saturated heterocycles. The predicted molar refractivity (Wildman–Crippen MR) is 100 cm³/mol. The van der Waals surface area contributed by atoms with Gasteiger partial charge in [0.25, 0.3) is 0 Å². The van der Waals surface area contributed by atoms with Gasteiger partial charge in [0.05, 0.1) is 5.57 Å². The lowest BCUT2D eigenvalue weighted by Gasteiger charge is -2.27. The molecule has 136 valence electrons. The molecule has 0 saturated carbocycles. The molecule has 0 radical (unpaired) electrons. The van der Waals surface area contributed by atoms with Crippen LogP contribution < -0.4 is 11.1 Å². The normalized spacial score (nSPS) is 16.0. The largest absolute Gasteiger partial charge is 0.366 e. The minimum Gasteiger partial charge on any atom is -0.366 e. The van der Waals surface area contributed by atoms with Crippen LogP contribution in [0.1, 0.15) is 24.1 Å². The number of primary amides is 1. The number of nitrogens with two attached hydrogens (primary N) is 1. The molecule has 3 aromatic rings. The van der Waals surface area contributed by atoms with Gasteiger partial charge in [0.15, 0.2) is 5.82 Å². The van der Waals surface area contributed by atoms with E-state index in [1.807, 2.05) is 31.2 Å². The van der Waals surface area contributed by atoms with Crippen LogP contribution in [0.4, 0.5) is 10.3 Å². The van der Waals surface area contributed by atoms with Crippen LogP contribution in [-0.4, -0.2) is 20.7 Å². The Labute approximate surface area is 155 Å². The highest BCUT2D eigenvalue weighted by Gasteiger charge is 2.34. The highest BCUT2D eigenvalue weighted by atomic mass is 19.1. The highest BCUT2D eigenvalue weighted by Crippen LogP contribution is 2.37. The van der Waals surface area contributed by atoms with Crippen molar-refractivity contribution in [3.8, 4) is 11.4 Å². The number of allylic oxidation sites excluding steroid dienone is 1. The van der Waals surface area contributed by atoms with Crippen LogP contribution in [0.3, 0.4) is 0 Å². The molecule has 1 atom stereocenters. The molecule has 27 heavy (non-hydrogen) atoms. The number of amides is 1. The number of carbonyl (C=O) groups excluding carboxylic acids is 1. The summed E-state index contributed by atoms with van der Waals surface area (Å²) in [6.07, 6.45) is 0. The van der Waals surface area contributed by atoms with Crippen molar-refractivity contribution in [2.45, 2.75) is 19.9 Å². The number of nitrogens with zero attached hydrogens (tertiary/aromatic N) is 3. The van der Waals surface area contributed by atoms with Crippen LogP contribution in [0.5, 0.6) is 0 Å². The summed E-state index contributed by atoms with van der Waals surface area (Å²) in [4.78, 5) is 16.7. The fourth-order valence-corrected chi connectivity index (χ4v) is 3.39. The standard InChI is InChI=1S/C20H18FN5O/c1-11-7-3-4-8-13(11)19-24-20-23-12(2)16(18(22)27)17(26(20)25-19)14-9-5-6-10-15(14)21/h3-10,17H,1-2H3,(H2,22,27)(H,23,24,25). The van der Waals surface area contributed by atoms with E-state index in [0.717, 1.165) is 11.1 Å². The molecule has 0 aliphatic carbocycles. The molecule has 1 aliphatic rings. The smallest absolute Gasteiger partial charge is 0.248 e. The Hall–Kier alpha value is -3.48. The van der Waals surface area contributed by atoms with Gasteiger partial charge in [-0.05, 0) is 25.5 Å². The van der Waals surface area contributed by atoms with Crippen molar-refractivity contribution in [3.63, 3.8) is 0 Å². The number of aromatic nitrogens is 3. The molecule has 4 rings (SSSR count). The number of rotatable bonds is 3. The number of fused-ring (bicyclic) bond motifs is 1. The van der Waals surface area contributed by atoms with Gasteiger partial charge in [-0.3, -0.25) is 4.79 Å². The zero-order chi connectivity index (χ0) is 19.1. The second-order valence-corrected chi connectivity index (χ2v) is 6.47. The van der Waals surface area contributed by atoms with E-state index < -0.39 is 17.8 Å². The van der Waals surface area contributed by atoms with Gasteiger partial charge >= 0.3 is 0 Å². The lowest BCUT2D eigenvalue weighted by Crippen LogP contribution is -2.32. The van der Waals surface area contributed by atoms with Crippen molar-refractivity contribution in [2.75, 3.05) is 5.32 Å². The number of hydrogen-bond acceptors (Lipinski definition) is 4. The van der Waals surface area contributed by atoms with Crippen molar-refractivity contribution in [2.24, 2.45) is 5.73 Å². The second-order valence-electron chi connectivity index (χ2n) is 6.47. The minimum atomic E-state index is -0.787. The van der Waals surface area contributed by atoms with Gasteiger partial charge in [-0.1, -0.05) is 42.5 Å². The third kappa shape index (κ3) is 2.77. The molecule has 3 N–H and O–H groups in total. The SMILES string of the molecule is CC1=C(C(N)=O)C(c2ccccc2F)n2nc(-c3ccccc3C)nc2N1. The van der Waals surface area contributed by atoms with Crippen LogP contribution in [0, 0.1) is 12.7 Å². The topological polar surface area (TPSA) is 85.8 Å². The van der Waals surface area contributed by atoms with Gasteiger partial charge < -0.3 is 11.1 Å². The third-order valence-corrected chi connectivity index (χ3v) is 4.70. The van der Waals surface area contributed by atoms with Gasteiger partial charge in [0, 0.05) is 16.8 Å². The Morgan fingerprint density at radius 1 is 1.15 bits per heavy atom. The lowest BCUT2D eigenvalue weighted by atomic mass is 9.95. The van der Waals surface area contributed by atoms with E-state index in [2.05, 4.69) is 15.4 Å². The fourth-order valence-electron chi connectivity index (χ4n) is 3.39. The summed E-state index contributed by atoms with van der Waals surface area (Å²) in [5.74, 6) is -0.138. The molecule has 1 aromatic heterocycles. The summed E-state index contributed by atoms with van der Waals surface area (Å²) in [5.41, 5.74) is 8.60. The van der Waals surface area contributed by atoms with E-state index >= 15 is 0 Å². The Morgan fingerprint density at radius 2 is 1.85 bits per heavy atom. The average molecular weight is 363 g/mol. The molecular formula is C20H18FN5O. The Morgan fingerprint density at radius 3 is 2.56 bits per heavy atom. The maximum absolute atomic E-state index is 14.6. The Bertz CT molecular complexity index is 1090. The summed E-state index contributed by atoms with van der Waals surface area (Å²) < 4.78 is 16.1. The van der Waals surface area contributed by atoms with Crippen LogP contribution >= 0.6 is 0 Å². The summed E-state index contributed by atoms with van der Waals surface area (Å²) in [5, 5.41) is 7.65. The van der Waals surface area contributed by atoms with Crippen molar-refractivity contribution >= 4 is 11.9 Å². The Kier molecular flexibility index (Phi) is 3.99. The van der Waals surface area contributed by atoms with Gasteiger partial charge in [-0.2, -0.15) is 4.98 Å². The number of carbonyl (C=O) groups is 1. The first-order valence-electron chi connectivity index (χ1n) is 8.52. The molecule has 2 aromatic carbocycles. The molecule has 0 fully saturated rings. The molecule has 7 heteroatoms. The first kappa shape index (κ1) is 17.0. The molecule has 0 bridgehead atoms. The second kappa shape index (κ2) is 6.35. The number of benzene rings is 2. The van der Waals surface area contributed by atoms with Gasteiger partial charge in [0.2, 0.25) is 11.9 Å². The van der Waals surface area contributed by atoms with E-state index in [-0.39, 0.29) is 5.57 Å². The maximum Gasteiger partial charge on any atom is 0.248 e. The summed E-state index contributed by atoms with van der Waals surface area (Å²) in [6, 6.07) is 13.2. The number of aryl methyl sites for hydroxylation is 1. The zero-order valence-electron chi connectivity index (χ0n) is 14.9. The number of halogens is 1. The van der Waals surface area contributed by atoms with Crippen molar-refractivity contribution in [1.82, 2.24) is 14.8 Å². The molecule has 1 aliphatic heterocycles. The molecule has 0 spiro atoms. The summed E-state index contributed by atoms with van der Waals surface area (Å²) in [6.45, 7) is 3.69. The predicted octanol–water partition coefficient (Wildman–Crippen LogP) is 3.17. The quantitative estimate of drug-likeness (QED) is 0.748. The van der Waals surface area contributed by atoms with Crippen LogP contribution in [0.2, 0.25) is 0 Å². The maximum atomic E-state index is 14.6. The van der Waals surface area contributed by atoms with E-state index in [1.165, 1.54) is 10.7 Å². The molecule has 1 amide bonds. The fraction of sp³-hybridized carbons (Fsp3) is 0.150. The van der Waals surface area contributed by atoms with Gasteiger partial charge in [0.1, 0.15) is 11.9 Å². The highest BCUT2D eigenvalue weighted by molar-refractivity contribution is 5.95. The van der Waals surface area contributed by atoms with E-state index in [4.69, 9.17) is 5.73 Å². The van der Waals surface area contributed by atoms with E-state index in [0.29, 0.717) is 23.0 Å². The first-order valence-corrected chi connectivity index (χ1v) is 8.52. The average Bonchev–Trinajstić information content (AvgIpc) is 3.04. The summed E-state index contributed by atoms with van der Waals surface area (Å²) >= 11 is 0. The van der Waals surface area contributed by atoms with Crippen molar-refractivity contribution in [3.05, 3.63) is 76.7 Å². The Balaban J connectivity index is 1.93. The van der Waals surface area contributed by atoms with Gasteiger partial charge in [-0.15, -0.1) is 5.10 Å². The van der Waals surface area contributed by atoms with Crippen LogP contribution in [0.25, 0.3) is 11.4 Å². The molecular weight excluding hydrogens is 345 g/mol. The third-order valence-electron chi connectivity index (χ3n) is 4.70. The first-order chi connectivity index (χ1) is 13.0. The summed E-state index contributed by atoms with van der Waals surface area (Å²) in [7, 11) is 0. The molecule has 2 heterocycles. The van der Waals surface area contributed by atoms with Crippen LogP contribution in [0.15, 0.2) is 59.8 Å². The van der Waals surface area contributed by atoms with Crippen molar-refractivity contribution in [1.29, 1.82) is 0 Å². The van der Waals surface area contributed by atoms with Crippen LogP contribution in [-0.2, 0) is 4.79 Å². The lowest BCUT2D eigenvalue weighted by molar-refractivity contribution is -0.115.